The number of carbonyl (C=O) groups excluding carboxylic acids is 2. The zero-order valence-electron chi connectivity index (χ0n) is 16.9. The number of halogens is 3. The van der Waals surface area contributed by atoms with Gasteiger partial charge in [-0.1, -0.05) is 29.8 Å². The number of amides is 1. The highest BCUT2D eigenvalue weighted by atomic mass is 35.5. The summed E-state index contributed by atoms with van der Waals surface area (Å²) in [6.45, 7) is 5.04. The van der Waals surface area contributed by atoms with Gasteiger partial charge >= 0.3 is 5.97 Å². The van der Waals surface area contributed by atoms with Crippen molar-refractivity contribution in [1.29, 1.82) is 0 Å². The SMILES string of the molecule is CC1=C(C(=O)OC(C)C)C(c2ccccc2Cl)CC(=O)N1Cc1cc(F)cc(F)c1. The predicted octanol–water partition coefficient (Wildman–Crippen LogP) is 5.36. The smallest absolute Gasteiger partial charge is 0.336 e. The van der Waals surface area contributed by atoms with E-state index < -0.39 is 23.5 Å². The van der Waals surface area contributed by atoms with Crippen molar-refractivity contribution in [3.63, 3.8) is 0 Å². The van der Waals surface area contributed by atoms with E-state index in [9.17, 15) is 18.4 Å². The Bertz CT molecular complexity index is 999. The molecule has 4 nitrogen and oxygen atoms in total. The number of benzene rings is 2. The fourth-order valence-electron chi connectivity index (χ4n) is 3.65. The lowest BCUT2D eigenvalue weighted by Crippen LogP contribution is -2.38. The van der Waals surface area contributed by atoms with Crippen molar-refractivity contribution in [1.82, 2.24) is 4.90 Å². The van der Waals surface area contributed by atoms with Crippen molar-refractivity contribution >= 4 is 23.5 Å². The Morgan fingerprint density at radius 3 is 2.43 bits per heavy atom. The van der Waals surface area contributed by atoms with Crippen LogP contribution in [0.4, 0.5) is 8.78 Å². The van der Waals surface area contributed by atoms with Gasteiger partial charge in [0.25, 0.3) is 0 Å². The van der Waals surface area contributed by atoms with Crippen molar-refractivity contribution in [3.05, 3.63) is 81.5 Å². The van der Waals surface area contributed by atoms with Gasteiger partial charge in [-0.2, -0.15) is 0 Å². The summed E-state index contributed by atoms with van der Waals surface area (Å²) >= 11 is 6.35. The quantitative estimate of drug-likeness (QED) is 0.596. The minimum atomic E-state index is -0.732. The van der Waals surface area contributed by atoms with E-state index >= 15 is 0 Å². The van der Waals surface area contributed by atoms with Crippen LogP contribution in [0.1, 0.15) is 44.2 Å². The van der Waals surface area contributed by atoms with Crippen LogP contribution in [-0.4, -0.2) is 22.9 Å². The summed E-state index contributed by atoms with van der Waals surface area (Å²) in [5.41, 5.74) is 1.63. The van der Waals surface area contributed by atoms with E-state index in [1.807, 2.05) is 0 Å². The van der Waals surface area contributed by atoms with Crippen molar-refractivity contribution in [3.8, 4) is 0 Å². The second-order valence-electron chi connectivity index (χ2n) is 7.49. The lowest BCUT2D eigenvalue weighted by Gasteiger charge is -2.35. The van der Waals surface area contributed by atoms with Crippen LogP contribution in [0.2, 0.25) is 5.02 Å². The molecule has 0 bridgehead atoms. The lowest BCUT2D eigenvalue weighted by atomic mass is 9.83. The first-order valence-electron chi connectivity index (χ1n) is 9.59. The van der Waals surface area contributed by atoms with E-state index in [2.05, 4.69) is 0 Å². The van der Waals surface area contributed by atoms with Crippen molar-refractivity contribution in [2.75, 3.05) is 0 Å². The fraction of sp³-hybridized carbons (Fsp3) is 0.304. The first-order valence-corrected chi connectivity index (χ1v) is 9.96. The molecule has 0 radical (unpaired) electrons. The molecule has 0 aliphatic carbocycles. The Morgan fingerprint density at radius 2 is 1.83 bits per heavy atom. The van der Waals surface area contributed by atoms with Crippen LogP contribution in [0.15, 0.2) is 53.7 Å². The number of carbonyl (C=O) groups is 2. The average molecular weight is 434 g/mol. The van der Waals surface area contributed by atoms with Crippen LogP contribution >= 0.6 is 11.6 Å². The first kappa shape index (κ1) is 22.0. The summed E-state index contributed by atoms with van der Waals surface area (Å²) in [5.74, 6) is -2.86. The monoisotopic (exact) mass is 433 g/mol. The van der Waals surface area contributed by atoms with Crippen LogP contribution in [0.25, 0.3) is 0 Å². The molecule has 0 saturated heterocycles. The highest BCUT2D eigenvalue weighted by Gasteiger charge is 2.38. The van der Waals surface area contributed by atoms with Gasteiger partial charge in [-0.3, -0.25) is 4.79 Å². The molecule has 2 aromatic carbocycles. The highest BCUT2D eigenvalue weighted by molar-refractivity contribution is 6.31. The molecule has 1 aliphatic heterocycles. The van der Waals surface area contributed by atoms with E-state index in [4.69, 9.17) is 16.3 Å². The summed E-state index contributed by atoms with van der Waals surface area (Å²) in [7, 11) is 0. The molecule has 3 rings (SSSR count). The van der Waals surface area contributed by atoms with Gasteiger partial charge in [0.05, 0.1) is 18.2 Å². The number of allylic oxidation sites excluding steroid dienone is 1. The zero-order valence-corrected chi connectivity index (χ0v) is 17.7. The number of rotatable bonds is 5. The number of hydrogen-bond donors (Lipinski definition) is 0. The second kappa shape index (κ2) is 8.96. The Balaban J connectivity index is 2.07. The fourth-order valence-corrected chi connectivity index (χ4v) is 3.92. The van der Waals surface area contributed by atoms with Gasteiger partial charge in [-0.05, 0) is 50.1 Å². The summed E-state index contributed by atoms with van der Waals surface area (Å²) in [6, 6.07) is 10.1. The van der Waals surface area contributed by atoms with Crippen molar-refractivity contribution < 1.29 is 23.1 Å². The maximum Gasteiger partial charge on any atom is 0.336 e. The van der Waals surface area contributed by atoms with Gasteiger partial charge in [0.15, 0.2) is 0 Å². The van der Waals surface area contributed by atoms with Crippen LogP contribution in [-0.2, 0) is 20.9 Å². The average Bonchev–Trinajstić information content (AvgIpc) is 2.63. The molecule has 0 spiro atoms. The van der Waals surface area contributed by atoms with E-state index in [1.165, 1.54) is 4.90 Å². The topological polar surface area (TPSA) is 46.6 Å². The minimum Gasteiger partial charge on any atom is -0.460 e. The first-order chi connectivity index (χ1) is 14.2. The predicted molar refractivity (Wildman–Crippen MR) is 110 cm³/mol. The molecular weight excluding hydrogens is 412 g/mol. The molecule has 7 heteroatoms. The van der Waals surface area contributed by atoms with Gasteiger partial charge in [0.1, 0.15) is 11.6 Å². The molecule has 1 amide bonds. The molecule has 1 atom stereocenters. The van der Waals surface area contributed by atoms with Gasteiger partial charge in [-0.25, -0.2) is 13.6 Å². The largest absolute Gasteiger partial charge is 0.460 e. The molecule has 0 saturated carbocycles. The third-order valence-corrected chi connectivity index (χ3v) is 5.27. The number of esters is 1. The van der Waals surface area contributed by atoms with Crippen molar-refractivity contribution in [2.24, 2.45) is 0 Å². The van der Waals surface area contributed by atoms with Gasteiger partial charge in [0, 0.05) is 29.1 Å². The van der Waals surface area contributed by atoms with E-state index in [-0.39, 0.29) is 30.5 Å². The van der Waals surface area contributed by atoms with E-state index in [0.717, 1.165) is 18.2 Å². The van der Waals surface area contributed by atoms with Crippen LogP contribution in [0.5, 0.6) is 0 Å². The molecule has 0 fully saturated rings. The normalized spacial score (nSPS) is 17.0. The maximum absolute atomic E-state index is 13.6. The molecule has 1 unspecified atom stereocenters. The number of hydrogen-bond acceptors (Lipinski definition) is 3. The summed E-state index contributed by atoms with van der Waals surface area (Å²) in [5, 5.41) is 0.443. The Morgan fingerprint density at radius 1 is 1.20 bits per heavy atom. The molecule has 0 N–H and O–H groups in total. The number of ether oxygens (including phenoxy) is 1. The molecule has 1 aliphatic rings. The molecule has 0 aromatic heterocycles. The lowest BCUT2D eigenvalue weighted by molar-refractivity contribution is -0.143. The van der Waals surface area contributed by atoms with Crippen LogP contribution in [0, 0.1) is 11.6 Å². The number of nitrogens with zero attached hydrogens (tertiary/aromatic N) is 1. The molecule has 30 heavy (non-hydrogen) atoms. The summed E-state index contributed by atoms with van der Waals surface area (Å²) in [6.07, 6.45) is -0.366. The van der Waals surface area contributed by atoms with E-state index in [1.54, 1.807) is 45.0 Å². The molecule has 158 valence electrons. The molecular formula is C23H22ClF2NO3. The molecule has 1 heterocycles. The van der Waals surface area contributed by atoms with Crippen molar-refractivity contribution in [2.45, 2.75) is 45.8 Å². The van der Waals surface area contributed by atoms with Gasteiger partial charge in [-0.15, -0.1) is 0 Å². The highest BCUT2D eigenvalue weighted by Crippen LogP contribution is 2.40. The standard InChI is InChI=1S/C23H22ClF2NO3/c1-13(2)30-23(29)22-14(3)27(12-15-8-16(25)10-17(26)9-15)21(28)11-19(22)18-6-4-5-7-20(18)24/h4-10,13,19H,11-12H2,1-3H3. The maximum atomic E-state index is 13.6. The van der Waals surface area contributed by atoms with E-state index in [0.29, 0.717) is 21.9 Å². The summed E-state index contributed by atoms with van der Waals surface area (Å²) < 4.78 is 32.6. The zero-order chi connectivity index (χ0) is 22.0. The van der Waals surface area contributed by atoms with Crippen LogP contribution in [0.3, 0.4) is 0 Å². The molecule has 2 aromatic rings. The third kappa shape index (κ3) is 4.70. The summed E-state index contributed by atoms with van der Waals surface area (Å²) in [4.78, 5) is 27.3. The Kier molecular flexibility index (Phi) is 6.56. The second-order valence-corrected chi connectivity index (χ2v) is 7.90. The third-order valence-electron chi connectivity index (χ3n) is 4.93. The van der Waals surface area contributed by atoms with Crippen LogP contribution < -0.4 is 0 Å². The minimum absolute atomic E-state index is 0.0125. The van der Waals surface area contributed by atoms with Gasteiger partial charge < -0.3 is 9.64 Å². The Labute approximate surface area is 179 Å². The Hall–Kier alpha value is -2.73. The van der Waals surface area contributed by atoms with Gasteiger partial charge in [0.2, 0.25) is 5.91 Å².